The topological polar surface area (TPSA) is 62.8 Å². The van der Waals surface area contributed by atoms with Gasteiger partial charge < -0.3 is 14.6 Å². The quantitative estimate of drug-likeness (QED) is 0.553. The summed E-state index contributed by atoms with van der Waals surface area (Å²) in [6.45, 7) is 5.03. The Bertz CT molecular complexity index is 1130. The van der Waals surface area contributed by atoms with E-state index in [9.17, 15) is 4.79 Å². The van der Waals surface area contributed by atoms with E-state index < -0.39 is 0 Å². The van der Waals surface area contributed by atoms with Crippen LogP contribution in [0.5, 0.6) is 0 Å². The van der Waals surface area contributed by atoms with Crippen molar-refractivity contribution < 1.29 is 4.42 Å². The predicted molar refractivity (Wildman–Crippen MR) is 104 cm³/mol. The van der Waals surface area contributed by atoms with Crippen LogP contribution < -0.4 is 15.8 Å². The molecule has 5 rings (SSSR count). The number of imidazole rings is 1. The van der Waals surface area contributed by atoms with E-state index in [2.05, 4.69) is 28.2 Å². The van der Waals surface area contributed by atoms with Gasteiger partial charge in [-0.25, -0.2) is 9.78 Å². The molecule has 3 aromatic heterocycles. The van der Waals surface area contributed by atoms with Crippen LogP contribution in [0.3, 0.4) is 0 Å². The number of anilines is 1. The zero-order valence-electron chi connectivity index (χ0n) is 14.3. The molecular formula is C19H18N4O2S. The Morgan fingerprint density at radius 3 is 3.12 bits per heavy atom. The molecule has 4 aromatic rings. The molecule has 4 heterocycles. The Balaban J connectivity index is 1.56. The summed E-state index contributed by atoms with van der Waals surface area (Å²) in [6, 6.07) is 8.39. The second-order valence-electron chi connectivity index (χ2n) is 6.69. The lowest BCUT2D eigenvalue weighted by Crippen LogP contribution is -2.49. The standard InChI is InChI=1S/C19H18N4O2S/c1-12-10-22(5-4-20-12)14-3-2-13-8-15(18(24)25-17(13)9-14)16-11-23-6-7-26-19(23)21-16/h2-3,6-9,11-12,20H,4-5,10H2,1H3/t12-/m1/s1. The average molecular weight is 366 g/mol. The summed E-state index contributed by atoms with van der Waals surface area (Å²) in [5.74, 6) is 0. The molecule has 0 aliphatic carbocycles. The van der Waals surface area contributed by atoms with Crippen molar-refractivity contribution >= 4 is 33.0 Å². The molecule has 1 N–H and O–H groups in total. The van der Waals surface area contributed by atoms with E-state index in [0.29, 0.717) is 22.9 Å². The molecule has 0 unspecified atom stereocenters. The second kappa shape index (κ2) is 5.96. The van der Waals surface area contributed by atoms with Crippen LogP contribution >= 0.6 is 11.3 Å². The van der Waals surface area contributed by atoms with Crippen LogP contribution in [-0.4, -0.2) is 35.1 Å². The first kappa shape index (κ1) is 15.6. The van der Waals surface area contributed by atoms with E-state index in [1.807, 2.05) is 40.4 Å². The molecule has 1 aliphatic rings. The van der Waals surface area contributed by atoms with Crippen LogP contribution in [0.25, 0.3) is 27.2 Å². The molecule has 7 heteroatoms. The number of aromatic nitrogens is 2. The minimum Gasteiger partial charge on any atom is -0.422 e. The van der Waals surface area contributed by atoms with E-state index in [-0.39, 0.29) is 5.63 Å². The van der Waals surface area contributed by atoms with Gasteiger partial charge in [-0.1, -0.05) is 0 Å². The fourth-order valence-corrected chi connectivity index (χ4v) is 4.20. The Hall–Kier alpha value is -2.64. The highest BCUT2D eigenvalue weighted by atomic mass is 32.1. The largest absolute Gasteiger partial charge is 0.422 e. The van der Waals surface area contributed by atoms with Crippen LogP contribution in [0.15, 0.2) is 51.3 Å². The van der Waals surface area contributed by atoms with Crippen molar-refractivity contribution in [2.24, 2.45) is 0 Å². The number of nitrogens with zero attached hydrogens (tertiary/aromatic N) is 3. The lowest BCUT2D eigenvalue weighted by molar-refractivity contribution is 0.484. The third kappa shape index (κ3) is 2.60. The van der Waals surface area contributed by atoms with Gasteiger partial charge in [-0.2, -0.15) is 0 Å². The zero-order chi connectivity index (χ0) is 17.7. The lowest BCUT2D eigenvalue weighted by Gasteiger charge is -2.33. The highest BCUT2D eigenvalue weighted by molar-refractivity contribution is 7.15. The van der Waals surface area contributed by atoms with Crippen LogP contribution in [0.4, 0.5) is 5.69 Å². The number of piperazine rings is 1. The van der Waals surface area contributed by atoms with Crippen molar-refractivity contribution in [3.8, 4) is 11.3 Å². The van der Waals surface area contributed by atoms with Gasteiger partial charge in [0.2, 0.25) is 0 Å². The Morgan fingerprint density at radius 1 is 1.35 bits per heavy atom. The van der Waals surface area contributed by atoms with Gasteiger partial charge in [-0.3, -0.25) is 4.40 Å². The van der Waals surface area contributed by atoms with Gasteiger partial charge in [0.15, 0.2) is 4.96 Å². The van der Waals surface area contributed by atoms with E-state index in [4.69, 9.17) is 4.42 Å². The minimum absolute atomic E-state index is 0.353. The first-order chi connectivity index (χ1) is 12.7. The monoisotopic (exact) mass is 366 g/mol. The van der Waals surface area contributed by atoms with Gasteiger partial charge in [0.1, 0.15) is 5.58 Å². The fourth-order valence-electron chi connectivity index (χ4n) is 3.50. The summed E-state index contributed by atoms with van der Waals surface area (Å²) in [7, 11) is 0. The lowest BCUT2D eigenvalue weighted by atomic mass is 10.1. The second-order valence-corrected chi connectivity index (χ2v) is 7.56. The number of nitrogens with one attached hydrogen (secondary N) is 1. The highest BCUT2D eigenvalue weighted by Gasteiger charge is 2.17. The molecular weight excluding hydrogens is 348 g/mol. The smallest absolute Gasteiger partial charge is 0.345 e. The van der Waals surface area contributed by atoms with Crippen molar-refractivity contribution in [2.45, 2.75) is 13.0 Å². The third-order valence-electron chi connectivity index (χ3n) is 4.82. The van der Waals surface area contributed by atoms with Crippen LogP contribution in [0.2, 0.25) is 0 Å². The molecule has 132 valence electrons. The number of hydrogen-bond acceptors (Lipinski definition) is 6. The molecule has 0 spiro atoms. The minimum atomic E-state index is -0.353. The van der Waals surface area contributed by atoms with E-state index in [0.717, 1.165) is 35.7 Å². The van der Waals surface area contributed by atoms with Gasteiger partial charge in [-0.15, -0.1) is 11.3 Å². The van der Waals surface area contributed by atoms with Crippen molar-refractivity contribution in [2.75, 3.05) is 24.5 Å². The maximum atomic E-state index is 12.5. The summed E-state index contributed by atoms with van der Waals surface area (Å²) in [5.41, 5.74) is 2.49. The summed E-state index contributed by atoms with van der Waals surface area (Å²) in [6.07, 6.45) is 3.79. The molecule has 1 saturated heterocycles. The summed E-state index contributed by atoms with van der Waals surface area (Å²) in [4.78, 5) is 20.2. The van der Waals surface area contributed by atoms with Gasteiger partial charge in [0, 0.05) is 60.6 Å². The van der Waals surface area contributed by atoms with Crippen molar-refractivity contribution in [3.63, 3.8) is 0 Å². The number of rotatable bonds is 2. The summed E-state index contributed by atoms with van der Waals surface area (Å²) >= 11 is 1.54. The molecule has 0 bridgehead atoms. The van der Waals surface area contributed by atoms with Gasteiger partial charge in [0.05, 0.1) is 11.3 Å². The van der Waals surface area contributed by atoms with Crippen LogP contribution in [-0.2, 0) is 0 Å². The summed E-state index contributed by atoms with van der Waals surface area (Å²) < 4.78 is 7.55. The van der Waals surface area contributed by atoms with Crippen molar-refractivity contribution in [1.29, 1.82) is 0 Å². The molecule has 6 nitrogen and oxygen atoms in total. The van der Waals surface area contributed by atoms with E-state index in [1.165, 1.54) is 11.3 Å². The Labute approximate surface area is 153 Å². The molecule has 1 aliphatic heterocycles. The molecule has 1 atom stereocenters. The highest BCUT2D eigenvalue weighted by Crippen LogP contribution is 2.26. The maximum Gasteiger partial charge on any atom is 0.345 e. The number of hydrogen-bond donors (Lipinski definition) is 1. The van der Waals surface area contributed by atoms with Gasteiger partial charge in [-0.05, 0) is 25.1 Å². The molecule has 1 aromatic carbocycles. The van der Waals surface area contributed by atoms with E-state index >= 15 is 0 Å². The maximum absolute atomic E-state index is 12.5. The van der Waals surface area contributed by atoms with Crippen LogP contribution in [0, 0.1) is 0 Å². The molecule has 26 heavy (non-hydrogen) atoms. The SMILES string of the molecule is C[C@@H]1CN(c2ccc3cc(-c4cn5ccsc5n4)c(=O)oc3c2)CCN1. The molecule has 0 radical (unpaired) electrons. The first-order valence-electron chi connectivity index (χ1n) is 8.66. The van der Waals surface area contributed by atoms with Crippen molar-refractivity contribution in [1.82, 2.24) is 14.7 Å². The molecule has 0 amide bonds. The average Bonchev–Trinajstić information content (AvgIpc) is 3.22. The third-order valence-corrected chi connectivity index (χ3v) is 5.59. The number of thiazole rings is 1. The van der Waals surface area contributed by atoms with Gasteiger partial charge in [0.25, 0.3) is 0 Å². The van der Waals surface area contributed by atoms with Crippen LogP contribution in [0.1, 0.15) is 6.92 Å². The summed E-state index contributed by atoms with van der Waals surface area (Å²) in [5, 5.41) is 6.31. The molecule has 1 fully saturated rings. The van der Waals surface area contributed by atoms with E-state index in [1.54, 1.807) is 0 Å². The fraction of sp³-hybridized carbons (Fsp3) is 0.263. The molecule has 0 saturated carbocycles. The van der Waals surface area contributed by atoms with Crippen molar-refractivity contribution in [3.05, 3.63) is 52.5 Å². The number of fused-ring (bicyclic) bond motifs is 2. The normalized spacial score (nSPS) is 18.0. The predicted octanol–water partition coefficient (Wildman–Crippen LogP) is 2.97. The van der Waals surface area contributed by atoms with Gasteiger partial charge >= 0.3 is 5.63 Å². The first-order valence-corrected chi connectivity index (χ1v) is 9.54. The zero-order valence-corrected chi connectivity index (χ0v) is 15.1. The Morgan fingerprint density at radius 2 is 2.27 bits per heavy atom. The Kier molecular flexibility index (Phi) is 3.58. The number of benzene rings is 1.